The molecular formula is C22H24Cl2N4O5. The third kappa shape index (κ3) is 5.48. The lowest BCUT2D eigenvalue weighted by atomic mass is 10.0. The van der Waals surface area contributed by atoms with Crippen molar-refractivity contribution < 1.29 is 23.9 Å². The molecule has 1 aliphatic heterocycles. The molecule has 0 fully saturated rings. The van der Waals surface area contributed by atoms with Crippen molar-refractivity contribution in [3.63, 3.8) is 0 Å². The molecule has 0 aliphatic carbocycles. The van der Waals surface area contributed by atoms with Crippen LogP contribution < -0.4 is 10.6 Å². The maximum Gasteiger partial charge on any atom is 0.338 e. The number of carbonyl (C=O) groups is 3. The number of aryl methyl sites for hydroxylation is 1. The van der Waals surface area contributed by atoms with Gasteiger partial charge in [0.2, 0.25) is 0 Å². The summed E-state index contributed by atoms with van der Waals surface area (Å²) in [6.45, 7) is 6.86. The molecule has 0 saturated carbocycles. The zero-order valence-corrected chi connectivity index (χ0v) is 20.1. The Morgan fingerprint density at radius 2 is 1.91 bits per heavy atom. The van der Waals surface area contributed by atoms with Crippen LogP contribution in [0.2, 0.25) is 10.0 Å². The molecule has 1 unspecified atom stereocenters. The van der Waals surface area contributed by atoms with E-state index in [0.717, 1.165) is 5.69 Å². The normalized spacial score (nSPS) is 15.7. The number of carbonyl (C=O) groups excluding carboxylic acids is 3. The summed E-state index contributed by atoms with van der Waals surface area (Å²) in [4.78, 5) is 36.7. The number of urea groups is 1. The molecule has 3 rings (SSSR count). The van der Waals surface area contributed by atoms with Gasteiger partial charge in [-0.2, -0.15) is 5.10 Å². The average molecular weight is 495 g/mol. The van der Waals surface area contributed by atoms with Crippen LogP contribution in [0.1, 0.15) is 30.8 Å². The zero-order chi connectivity index (χ0) is 24.3. The van der Waals surface area contributed by atoms with Crippen molar-refractivity contribution in [1.29, 1.82) is 0 Å². The number of rotatable bonds is 7. The Balaban J connectivity index is 1.76. The van der Waals surface area contributed by atoms with Gasteiger partial charge in [-0.25, -0.2) is 14.3 Å². The molecule has 2 amide bonds. The Morgan fingerprint density at radius 1 is 1.18 bits per heavy atom. The van der Waals surface area contributed by atoms with Crippen molar-refractivity contribution in [2.24, 2.45) is 0 Å². The van der Waals surface area contributed by atoms with Crippen molar-refractivity contribution in [3.05, 3.63) is 56.5 Å². The molecule has 1 aromatic carbocycles. The van der Waals surface area contributed by atoms with E-state index in [-0.39, 0.29) is 30.9 Å². The van der Waals surface area contributed by atoms with E-state index in [9.17, 15) is 14.4 Å². The highest BCUT2D eigenvalue weighted by atomic mass is 35.5. The average Bonchev–Trinajstić information content (AvgIpc) is 3.02. The van der Waals surface area contributed by atoms with Gasteiger partial charge in [-0.05, 0) is 45.9 Å². The van der Waals surface area contributed by atoms with Crippen LogP contribution in [-0.4, -0.2) is 47.0 Å². The maximum absolute atomic E-state index is 12.6. The smallest absolute Gasteiger partial charge is 0.338 e. The van der Waals surface area contributed by atoms with Gasteiger partial charge < -0.3 is 20.1 Å². The van der Waals surface area contributed by atoms with Crippen LogP contribution in [-0.2, 0) is 25.5 Å². The summed E-state index contributed by atoms with van der Waals surface area (Å²) in [5, 5.41) is 10.4. The molecule has 176 valence electrons. The Hall–Kier alpha value is -3.04. The summed E-state index contributed by atoms with van der Waals surface area (Å²) in [7, 11) is 0. The number of hydrogen-bond donors (Lipinski definition) is 2. The molecule has 2 aromatic rings. The zero-order valence-electron chi connectivity index (χ0n) is 18.6. The SMILES string of the molecule is CCOC(=O)C1=C(COC(=O)Cc2c(C)nn(-c3ccc(Cl)c(Cl)c3)c2C)NC(=O)NC1C. The second kappa shape index (κ2) is 10.3. The number of nitrogens with zero attached hydrogens (tertiary/aromatic N) is 2. The number of ether oxygens (including phenoxy) is 2. The molecule has 0 bridgehead atoms. The number of amides is 2. The number of hydrogen-bond acceptors (Lipinski definition) is 6. The first-order chi connectivity index (χ1) is 15.6. The fraction of sp³-hybridized carbons (Fsp3) is 0.364. The number of nitrogens with one attached hydrogen (secondary N) is 2. The van der Waals surface area contributed by atoms with Gasteiger partial charge in [0.05, 0.1) is 51.8 Å². The van der Waals surface area contributed by atoms with E-state index in [4.69, 9.17) is 32.7 Å². The second-order valence-electron chi connectivity index (χ2n) is 7.43. The predicted molar refractivity (Wildman–Crippen MR) is 123 cm³/mol. The minimum Gasteiger partial charge on any atom is -0.463 e. The van der Waals surface area contributed by atoms with Gasteiger partial charge in [-0.1, -0.05) is 23.2 Å². The van der Waals surface area contributed by atoms with E-state index < -0.39 is 24.0 Å². The molecule has 1 atom stereocenters. The van der Waals surface area contributed by atoms with Crippen LogP contribution in [0.3, 0.4) is 0 Å². The highest BCUT2D eigenvalue weighted by Gasteiger charge is 2.30. The Bertz CT molecular complexity index is 1140. The van der Waals surface area contributed by atoms with Crippen molar-refractivity contribution in [1.82, 2.24) is 20.4 Å². The number of esters is 2. The summed E-state index contributed by atoms with van der Waals surface area (Å²) < 4.78 is 12.1. The number of halogens is 2. The molecule has 0 radical (unpaired) electrons. The first-order valence-electron chi connectivity index (χ1n) is 10.3. The van der Waals surface area contributed by atoms with E-state index in [2.05, 4.69) is 15.7 Å². The molecule has 2 heterocycles. The van der Waals surface area contributed by atoms with Crippen LogP contribution in [0.25, 0.3) is 5.69 Å². The van der Waals surface area contributed by atoms with E-state index in [1.54, 1.807) is 43.7 Å². The molecular weight excluding hydrogens is 471 g/mol. The van der Waals surface area contributed by atoms with Gasteiger partial charge in [0, 0.05) is 11.3 Å². The molecule has 1 aromatic heterocycles. The summed E-state index contributed by atoms with van der Waals surface area (Å²) in [6, 6.07) is 4.07. The van der Waals surface area contributed by atoms with Crippen LogP contribution >= 0.6 is 23.2 Å². The first-order valence-corrected chi connectivity index (χ1v) is 11.0. The standard InChI is InChI=1S/C22H24Cl2N4O5/c1-5-32-21(30)20-12(3)25-22(31)26-18(20)10-33-19(29)9-15-11(2)27-28(13(15)4)14-6-7-16(23)17(24)8-14/h6-8,12H,5,9-10H2,1-4H3,(H2,25,26,31). The summed E-state index contributed by atoms with van der Waals surface area (Å²) >= 11 is 12.1. The molecule has 0 saturated heterocycles. The minimum absolute atomic E-state index is 0.0389. The van der Waals surface area contributed by atoms with Crippen molar-refractivity contribution in [2.75, 3.05) is 13.2 Å². The van der Waals surface area contributed by atoms with Crippen molar-refractivity contribution in [3.8, 4) is 5.69 Å². The summed E-state index contributed by atoms with van der Waals surface area (Å²) in [5.74, 6) is -1.12. The summed E-state index contributed by atoms with van der Waals surface area (Å²) in [6.07, 6.45) is -0.0389. The van der Waals surface area contributed by atoms with E-state index in [1.165, 1.54) is 0 Å². The number of aromatic nitrogens is 2. The predicted octanol–water partition coefficient (Wildman–Crippen LogP) is 3.40. The van der Waals surface area contributed by atoms with Crippen molar-refractivity contribution in [2.45, 2.75) is 40.2 Å². The molecule has 9 nitrogen and oxygen atoms in total. The van der Waals surface area contributed by atoms with Crippen LogP contribution in [0.4, 0.5) is 4.79 Å². The Morgan fingerprint density at radius 3 is 2.58 bits per heavy atom. The molecule has 11 heteroatoms. The molecule has 2 N–H and O–H groups in total. The van der Waals surface area contributed by atoms with Crippen LogP contribution in [0.5, 0.6) is 0 Å². The largest absolute Gasteiger partial charge is 0.463 e. The maximum atomic E-state index is 12.6. The van der Waals surface area contributed by atoms with Gasteiger partial charge in [0.1, 0.15) is 6.61 Å². The minimum atomic E-state index is -0.585. The van der Waals surface area contributed by atoms with E-state index in [0.29, 0.717) is 27.0 Å². The third-order valence-electron chi connectivity index (χ3n) is 5.15. The van der Waals surface area contributed by atoms with Gasteiger partial charge in [0.25, 0.3) is 0 Å². The highest BCUT2D eigenvalue weighted by Crippen LogP contribution is 2.26. The van der Waals surface area contributed by atoms with Crippen molar-refractivity contribution >= 4 is 41.2 Å². The lowest BCUT2D eigenvalue weighted by Gasteiger charge is -2.26. The van der Waals surface area contributed by atoms with Gasteiger partial charge in [-0.3, -0.25) is 4.79 Å². The highest BCUT2D eigenvalue weighted by molar-refractivity contribution is 6.42. The van der Waals surface area contributed by atoms with Crippen LogP contribution in [0, 0.1) is 13.8 Å². The Labute approximate surface area is 201 Å². The van der Waals surface area contributed by atoms with Gasteiger partial charge in [0.15, 0.2) is 0 Å². The quantitative estimate of drug-likeness (QED) is 0.570. The lowest BCUT2D eigenvalue weighted by Crippen LogP contribution is -2.50. The second-order valence-corrected chi connectivity index (χ2v) is 8.24. The van der Waals surface area contributed by atoms with Crippen LogP contribution in [0.15, 0.2) is 29.5 Å². The fourth-order valence-electron chi connectivity index (χ4n) is 3.54. The van der Waals surface area contributed by atoms with Gasteiger partial charge >= 0.3 is 18.0 Å². The number of benzene rings is 1. The first kappa shape index (κ1) is 24.6. The third-order valence-corrected chi connectivity index (χ3v) is 5.89. The molecule has 0 spiro atoms. The monoisotopic (exact) mass is 494 g/mol. The summed E-state index contributed by atoms with van der Waals surface area (Å²) in [5.41, 5.74) is 3.22. The fourth-order valence-corrected chi connectivity index (χ4v) is 3.83. The van der Waals surface area contributed by atoms with E-state index >= 15 is 0 Å². The Kier molecular flexibility index (Phi) is 7.65. The molecule has 1 aliphatic rings. The molecule has 33 heavy (non-hydrogen) atoms. The topological polar surface area (TPSA) is 112 Å². The van der Waals surface area contributed by atoms with Gasteiger partial charge in [-0.15, -0.1) is 0 Å². The van der Waals surface area contributed by atoms with E-state index in [1.807, 2.05) is 6.92 Å². The lowest BCUT2D eigenvalue weighted by molar-refractivity contribution is -0.143.